The molecule has 0 aromatic heterocycles. The van der Waals surface area contributed by atoms with E-state index in [0.717, 1.165) is 18.7 Å². The maximum absolute atomic E-state index is 10.9. The van der Waals surface area contributed by atoms with Crippen LogP contribution in [0.25, 0.3) is 0 Å². The number of unbranched alkanes of at least 4 members (excludes halogenated alkanes) is 4. The fraction of sp³-hybridized carbons (Fsp3) is 0.600. The molecule has 0 spiro atoms. The smallest absolute Gasteiger partial charge is 0.232 e. The number of hydrogen-bond donors (Lipinski definition) is 1. The Hall–Kier alpha value is -1.46. The molecule has 0 saturated carbocycles. The highest BCUT2D eigenvalue weighted by Crippen LogP contribution is 2.17. The van der Waals surface area contributed by atoms with E-state index in [-0.39, 0.29) is 11.0 Å². The molecule has 1 rings (SSSR count). The summed E-state index contributed by atoms with van der Waals surface area (Å²) >= 11 is 0. The van der Waals surface area contributed by atoms with Crippen LogP contribution in [0.15, 0.2) is 29.5 Å². The molecule has 20 heavy (non-hydrogen) atoms. The number of hydrogen-bond acceptors (Lipinski definition) is 4. The number of rotatable bonds is 10. The molecule has 0 saturated heterocycles. The molecular formula is C15H25N3O2. The minimum Gasteiger partial charge on any atom is -0.544 e. The lowest BCUT2D eigenvalue weighted by Crippen LogP contribution is -2.54. The van der Waals surface area contributed by atoms with E-state index in [9.17, 15) is 9.90 Å². The zero-order chi connectivity index (χ0) is 14.8. The molecule has 0 aliphatic carbocycles. The SMILES string of the molecule is CCCCCC/C=C/C1=NC=C[N+]1(CCN)CC(=O)[O-]. The number of carbonyl (C=O) groups is 1. The van der Waals surface area contributed by atoms with Crippen LogP contribution in [-0.2, 0) is 4.79 Å². The number of carboxylic acids is 1. The summed E-state index contributed by atoms with van der Waals surface area (Å²) in [5, 5.41) is 10.9. The van der Waals surface area contributed by atoms with Gasteiger partial charge in [-0.3, -0.25) is 0 Å². The number of nitrogens with two attached hydrogens (primary N) is 1. The normalized spacial score (nSPS) is 21.6. The molecule has 1 aliphatic heterocycles. The van der Waals surface area contributed by atoms with Crippen LogP contribution >= 0.6 is 0 Å². The Morgan fingerprint density at radius 2 is 2.25 bits per heavy atom. The number of carboxylic acid groups (broad SMARTS) is 1. The molecule has 0 amide bonds. The first-order valence-electron chi connectivity index (χ1n) is 7.34. The third kappa shape index (κ3) is 4.90. The average molecular weight is 279 g/mol. The summed E-state index contributed by atoms with van der Waals surface area (Å²) in [6, 6.07) is 0. The van der Waals surface area contributed by atoms with Gasteiger partial charge in [0, 0.05) is 12.6 Å². The Morgan fingerprint density at radius 1 is 1.45 bits per heavy atom. The highest BCUT2D eigenvalue weighted by molar-refractivity contribution is 5.90. The largest absolute Gasteiger partial charge is 0.544 e. The summed E-state index contributed by atoms with van der Waals surface area (Å²) in [7, 11) is 0. The van der Waals surface area contributed by atoms with Crippen molar-refractivity contribution in [2.45, 2.75) is 39.0 Å². The van der Waals surface area contributed by atoms with Crippen molar-refractivity contribution in [2.24, 2.45) is 10.7 Å². The second-order valence-corrected chi connectivity index (χ2v) is 5.11. The molecule has 1 heterocycles. The van der Waals surface area contributed by atoms with E-state index in [4.69, 9.17) is 5.73 Å². The molecule has 0 aromatic rings. The summed E-state index contributed by atoms with van der Waals surface area (Å²) in [5.74, 6) is -0.357. The summed E-state index contributed by atoms with van der Waals surface area (Å²) in [4.78, 5) is 15.2. The Kier molecular flexibility index (Phi) is 7.18. The molecule has 1 unspecified atom stereocenters. The molecule has 1 aliphatic rings. The topological polar surface area (TPSA) is 78.5 Å². The van der Waals surface area contributed by atoms with E-state index >= 15 is 0 Å². The zero-order valence-electron chi connectivity index (χ0n) is 12.3. The van der Waals surface area contributed by atoms with Gasteiger partial charge in [-0.1, -0.05) is 32.3 Å². The lowest BCUT2D eigenvalue weighted by Gasteiger charge is -2.31. The molecule has 0 radical (unpaired) electrons. The van der Waals surface area contributed by atoms with Gasteiger partial charge in [-0.05, 0) is 12.8 Å². The number of aliphatic imine (C=N–C) groups is 1. The van der Waals surface area contributed by atoms with Gasteiger partial charge in [-0.15, -0.1) is 0 Å². The predicted molar refractivity (Wildman–Crippen MR) is 78.5 cm³/mol. The Balaban J connectivity index is 2.58. The molecule has 2 N–H and O–H groups in total. The van der Waals surface area contributed by atoms with Crippen molar-refractivity contribution in [1.29, 1.82) is 0 Å². The van der Waals surface area contributed by atoms with E-state index in [1.54, 1.807) is 12.4 Å². The fourth-order valence-electron chi connectivity index (χ4n) is 2.36. The number of allylic oxidation sites excluding steroid dienone is 1. The van der Waals surface area contributed by atoms with E-state index in [1.807, 2.05) is 6.08 Å². The van der Waals surface area contributed by atoms with Crippen molar-refractivity contribution in [3.8, 4) is 0 Å². The van der Waals surface area contributed by atoms with Gasteiger partial charge in [0.1, 0.15) is 19.3 Å². The van der Waals surface area contributed by atoms with E-state index in [1.165, 1.54) is 19.3 Å². The first kappa shape index (κ1) is 16.6. The Morgan fingerprint density at radius 3 is 2.90 bits per heavy atom. The average Bonchev–Trinajstić information content (AvgIpc) is 2.76. The molecular weight excluding hydrogens is 254 g/mol. The number of quaternary nitrogens is 1. The number of aliphatic carboxylic acids is 1. The summed E-state index contributed by atoms with van der Waals surface area (Å²) in [6.07, 6.45) is 13.3. The molecule has 0 bridgehead atoms. The molecule has 0 aromatic carbocycles. The van der Waals surface area contributed by atoms with Crippen molar-refractivity contribution in [1.82, 2.24) is 0 Å². The number of amidine groups is 1. The standard InChI is InChI=1S/C15H25N3O2/c1-2-3-4-5-6-7-8-14-17-10-12-18(14,11-9-16)13-15(19)20/h7-8,10,12H,2-6,9,11,13,16H2,1H3/b8-7+. The van der Waals surface area contributed by atoms with Crippen LogP contribution in [0.2, 0.25) is 0 Å². The first-order valence-corrected chi connectivity index (χ1v) is 7.34. The zero-order valence-corrected chi connectivity index (χ0v) is 12.3. The second-order valence-electron chi connectivity index (χ2n) is 5.11. The van der Waals surface area contributed by atoms with Crippen molar-refractivity contribution in [2.75, 3.05) is 19.6 Å². The number of carbonyl (C=O) groups excluding carboxylic acids is 1. The summed E-state index contributed by atoms with van der Waals surface area (Å²) in [5.41, 5.74) is 5.60. The van der Waals surface area contributed by atoms with Crippen LogP contribution in [-0.4, -0.2) is 35.9 Å². The molecule has 5 nitrogen and oxygen atoms in total. The summed E-state index contributed by atoms with van der Waals surface area (Å²) in [6.45, 7) is 2.99. The molecule has 0 fully saturated rings. The van der Waals surface area contributed by atoms with Crippen LogP contribution in [0.1, 0.15) is 39.0 Å². The van der Waals surface area contributed by atoms with Gasteiger partial charge < -0.3 is 15.6 Å². The second kappa shape index (κ2) is 8.66. The van der Waals surface area contributed by atoms with Gasteiger partial charge in [0.05, 0.1) is 12.2 Å². The molecule has 112 valence electrons. The van der Waals surface area contributed by atoms with Gasteiger partial charge in [-0.2, -0.15) is 4.99 Å². The van der Waals surface area contributed by atoms with Crippen LogP contribution in [0.3, 0.4) is 0 Å². The minimum absolute atomic E-state index is 0.118. The third-order valence-corrected chi connectivity index (χ3v) is 3.45. The third-order valence-electron chi connectivity index (χ3n) is 3.45. The van der Waals surface area contributed by atoms with Crippen LogP contribution in [0, 0.1) is 0 Å². The van der Waals surface area contributed by atoms with E-state index in [0.29, 0.717) is 13.1 Å². The molecule has 1 atom stereocenters. The summed E-state index contributed by atoms with van der Waals surface area (Å²) < 4.78 is 0.157. The highest BCUT2D eigenvalue weighted by Gasteiger charge is 2.33. The first-order chi connectivity index (χ1) is 9.64. The van der Waals surface area contributed by atoms with Gasteiger partial charge in [-0.25, -0.2) is 4.48 Å². The van der Waals surface area contributed by atoms with Crippen molar-refractivity contribution < 1.29 is 14.4 Å². The van der Waals surface area contributed by atoms with E-state index in [2.05, 4.69) is 18.0 Å². The van der Waals surface area contributed by atoms with Crippen LogP contribution in [0.5, 0.6) is 0 Å². The maximum atomic E-state index is 10.9. The molecule has 5 heteroatoms. The van der Waals surface area contributed by atoms with Gasteiger partial charge >= 0.3 is 0 Å². The van der Waals surface area contributed by atoms with Gasteiger partial charge in [0.15, 0.2) is 0 Å². The predicted octanol–water partition coefficient (Wildman–Crippen LogP) is 0.922. The van der Waals surface area contributed by atoms with Crippen LogP contribution < -0.4 is 10.8 Å². The van der Waals surface area contributed by atoms with Crippen molar-refractivity contribution in [3.63, 3.8) is 0 Å². The highest BCUT2D eigenvalue weighted by atomic mass is 16.4. The lowest BCUT2D eigenvalue weighted by atomic mass is 10.1. The fourth-order valence-corrected chi connectivity index (χ4v) is 2.36. The number of nitrogens with zero attached hydrogens (tertiary/aromatic N) is 2. The van der Waals surface area contributed by atoms with E-state index < -0.39 is 5.97 Å². The Bertz CT molecular complexity index is 402. The van der Waals surface area contributed by atoms with Crippen LogP contribution in [0.4, 0.5) is 0 Å². The van der Waals surface area contributed by atoms with Gasteiger partial charge in [0.25, 0.3) is 0 Å². The minimum atomic E-state index is -1.09. The Labute approximate surface area is 121 Å². The van der Waals surface area contributed by atoms with Crippen molar-refractivity contribution in [3.05, 3.63) is 24.6 Å². The maximum Gasteiger partial charge on any atom is 0.232 e. The quantitative estimate of drug-likeness (QED) is 0.477. The lowest BCUT2D eigenvalue weighted by molar-refractivity contribution is -0.778. The van der Waals surface area contributed by atoms with Crippen molar-refractivity contribution >= 4 is 11.8 Å². The monoisotopic (exact) mass is 279 g/mol. The van der Waals surface area contributed by atoms with Gasteiger partial charge in [0.2, 0.25) is 5.84 Å².